The summed E-state index contributed by atoms with van der Waals surface area (Å²) in [5.41, 5.74) is 1.12. The van der Waals surface area contributed by atoms with E-state index in [0.29, 0.717) is 17.7 Å². The Morgan fingerprint density at radius 1 is 1.35 bits per heavy atom. The minimum absolute atomic E-state index is 0.151. The number of rotatable bonds is 4. The van der Waals surface area contributed by atoms with Gasteiger partial charge >= 0.3 is 0 Å². The molecule has 5 nitrogen and oxygen atoms in total. The van der Waals surface area contributed by atoms with Crippen LogP contribution in [0.3, 0.4) is 0 Å². The monoisotopic (exact) mass is 256 g/mol. The molecule has 0 saturated heterocycles. The molecule has 0 spiro atoms. The number of amides is 1. The third-order valence-electron chi connectivity index (χ3n) is 2.35. The predicted octanol–water partition coefficient (Wildman–Crippen LogP) is 1.25. The molecule has 0 aliphatic rings. The van der Waals surface area contributed by atoms with Crippen LogP contribution >= 0.6 is 0 Å². The van der Waals surface area contributed by atoms with Crippen molar-refractivity contribution >= 4 is 21.6 Å². The Balaban J connectivity index is 3.16. The molecule has 94 valence electrons. The molecule has 0 atom stereocenters. The van der Waals surface area contributed by atoms with Crippen molar-refractivity contribution in [2.75, 3.05) is 12.4 Å². The molecule has 0 heterocycles. The molecule has 1 rings (SSSR count). The van der Waals surface area contributed by atoms with Crippen LogP contribution in [0.1, 0.15) is 18.9 Å². The van der Waals surface area contributed by atoms with Crippen molar-refractivity contribution in [3.05, 3.63) is 23.8 Å². The molecule has 17 heavy (non-hydrogen) atoms. The summed E-state index contributed by atoms with van der Waals surface area (Å²) in [5, 5.41) is 2.62. The van der Waals surface area contributed by atoms with Crippen molar-refractivity contribution in [2.24, 2.45) is 0 Å². The van der Waals surface area contributed by atoms with Crippen LogP contribution in [0, 0.1) is 6.92 Å². The fraction of sp³-hybridized carbons (Fsp3) is 0.364. The number of hydrogen-bond donors (Lipinski definition) is 2. The molecule has 1 aromatic carbocycles. The van der Waals surface area contributed by atoms with Gasteiger partial charge in [-0.15, -0.1) is 0 Å². The molecule has 1 aromatic rings. The van der Waals surface area contributed by atoms with Gasteiger partial charge in [-0.1, -0.05) is 13.0 Å². The maximum Gasteiger partial charge on any atom is 0.240 e. The maximum absolute atomic E-state index is 11.7. The maximum atomic E-state index is 11.7. The summed E-state index contributed by atoms with van der Waals surface area (Å²) in [7, 11) is -2.14. The first-order chi connectivity index (χ1) is 7.90. The van der Waals surface area contributed by atoms with Crippen molar-refractivity contribution < 1.29 is 13.2 Å². The lowest BCUT2D eigenvalue weighted by Gasteiger charge is -2.09. The molecular weight excluding hydrogens is 240 g/mol. The molecule has 6 heteroatoms. The molecule has 2 N–H and O–H groups in total. The summed E-state index contributed by atoms with van der Waals surface area (Å²) < 4.78 is 25.7. The number of nitrogens with one attached hydrogen (secondary N) is 2. The van der Waals surface area contributed by atoms with Gasteiger partial charge in [0.25, 0.3) is 0 Å². The molecule has 0 aliphatic heterocycles. The Labute approximate surface area is 101 Å². The second-order valence-corrected chi connectivity index (χ2v) is 5.44. The van der Waals surface area contributed by atoms with Gasteiger partial charge in [-0.05, 0) is 31.7 Å². The van der Waals surface area contributed by atoms with Crippen LogP contribution in [-0.2, 0) is 14.8 Å². The van der Waals surface area contributed by atoms with Crippen molar-refractivity contribution in [1.29, 1.82) is 0 Å². The highest BCUT2D eigenvalue weighted by Crippen LogP contribution is 2.19. The first kappa shape index (κ1) is 13.7. The lowest BCUT2D eigenvalue weighted by Crippen LogP contribution is -2.20. The standard InChI is InChI=1S/C11H16N2O3S/c1-4-11(14)13-9-6-5-8(2)10(7-9)17(15,16)12-3/h5-7,12H,4H2,1-3H3,(H,13,14). The highest BCUT2D eigenvalue weighted by molar-refractivity contribution is 7.89. The quantitative estimate of drug-likeness (QED) is 0.851. The molecule has 0 aliphatic carbocycles. The zero-order chi connectivity index (χ0) is 13.1. The summed E-state index contributed by atoms with van der Waals surface area (Å²) >= 11 is 0. The molecular formula is C11H16N2O3S. The lowest BCUT2D eigenvalue weighted by atomic mass is 10.2. The zero-order valence-corrected chi connectivity index (χ0v) is 10.9. The second-order valence-electron chi connectivity index (χ2n) is 3.59. The number of anilines is 1. The average Bonchev–Trinajstić information content (AvgIpc) is 2.31. The van der Waals surface area contributed by atoms with Crippen LogP contribution in [-0.4, -0.2) is 21.4 Å². The topological polar surface area (TPSA) is 75.3 Å². The SMILES string of the molecule is CCC(=O)Nc1ccc(C)c(S(=O)(=O)NC)c1. The number of sulfonamides is 1. The summed E-state index contributed by atoms with van der Waals surface area (Å²) in [4.78, 5) is 11.4. The fourth-order valence-corrected chi connectivity index (χ4v) is 2.32. The van der Waals surface area contributed by atoms with Crippen LogP contribution in [0.4, 0.5) is 5.69 Å². The van der Waals surface area contributed by atoms with Crippen LogP contribution < -0.4 is 10.0 Å². The Morgan fingerprint density at radius 3 is 2.53 bits per heavy atom. The van der Waals surface area contributed by atoms with E-state index in [-0.39, 0.29) is 10.8 Å². The molecule has 1 amide bonds. The Morgan fingerprint density at radius 2 is 2.00 bits per heavy atom. The highest BCUT2D eigenvalue weighted by Gasteiger charge is 2.15. The van der Waals surface area contributed by atoms with Crippen molar-refractivity contribution in [2.45, 2.75) is 25.2 Å². The Bertz CT molecular complexity index is 524. The van der Waals surface area contributed by atoms with Crippen LogP contribution in [0.5, 0.6) is 0 Å². The van der Waals surface area contributed by atoms with Crippen LogP contribution in [0.2, 0.25) is 0 Å². The van der Waals surface area contributed by atoms with E-state index in [0.717, 1.165) is 0 Å². The average molecular weight is 256 g/mol. The third kappa shape index (κ3) is 3.28. The van der Waals surface area contributed by atoms with Gasteiger partial charge < -0.3 is 5.32 Å². The number of hydrogen-bond acceptors (Lipinski definition) is 3. The highest BCUT2D eigenvalue weighted by atomic mass is 32.2. The van der Waals surface area contributed by atoms with Crippen LogP contribution in [0.15, 0.2) is 23.1 Å². The number of aryl methyl sites for hydroxylation is 1. The van der Waals surface area contributed by atoms with Gasteiger partial charge in [0.05, 0.1) is 4.90 Å². The molecule has 0 saturated carbocycles. The largest absolute Gasteiger partial charge is 0.326 e. The molecule has 0 radical (unpaired) electrons. The molecule has 0 unspecified atom stereocenters. The van der Waals surface area contributed by atoms with E-state index in [1.165, 1.54) is 13.1 Å². The molecule has 0 fully saturated rings. The lowest BCUT2D eigenvalue weighted by molar-refractivity contribution is -0.115. The van der Waals surface area contributed by atoms with E-state index in [2.05, 4.69) is 10.0 Å². The Hall–Kier alpha value is -1.40. The third-order valence-corrected chi connectivity index (χ3v) is 3.91. The van der Waals surface area contributed by atoms with E-state index in [4.69, 9.17) is 0 Å². The minimum atomic E-state index is -3.50. The number of carbonyl (C=O) groups is 1. The summed E-state index contributed by atoms with van der Waals surface area (Å²) in [6.07, 6.45) is 0.349. The molecule has 0 aromatic heterocycles. The van der Waals surface area contributed by atoms with E-state index in [9.17, 15) is 13.2 Å². The second kappa shape index (κ2) is 5.29. The van der Waals surface area contributed by atoms with E-state index < -0.39 is 10.0 Å². The summed E-state index contributed by atoms with van der Waals surface area (Å²) in [5.74, 6) is -0.151. The molecule has 0 bridgehead atoms. The van der Waals surface area contributed by atoms with Gasteiger partial charge in [0.2, 0.25) is 15.9 Å². The summed E-state index contributed by atoms with van der Waals surface area (Å²) in [6, 6.07) is 4.79. The van der Waals surface area contributed by atoms with Crippen molar-refractivity contribution in [1.82, 2.24) is 4.72 Å². The van der Waals surface area contributed by atoms with E-state index >= 15 is 0 Å². The van der Waals surface area contributed by atoms with Gasteiger partial charge in [-0.3, -0.25) is 4.79 Å². The summed E-state index contributed by atoms with van der Waals surface area (Å²) in [6.45, 7) is 3.43. The van der Waals surface area contributed by atoms with Crippen molar-refractivity contribution in [3.63, 3.8) is 0 Å². The smallest absolute Gasteiger partial charge is 0.240 e. The van der Waals surface area contributed by atoms with Crippen LogP contribution in [0.25, 0.3) is 0 Å². The zero-order valence-electron chi connectivity index (χ0n) is 10.1. The first-order valence-corrected chi connectivity index (χ1v) is 6.73. The van der Waals surface area contributed by atoms with Gasteiger partial charge in [-0.25, -0.2) is 13.1 Å². The fourth-order valence-electron chi connectivity index (χ4n) is 1.33. The van der Waals surface area contributed by atoms with Gasteiger partial charge in [-0.2, -0.15) is 0 Å². The minimum Gasteiger partial charge on any atom is -0.326 e. The van der Waals surface area contributed by atoms with Gasteiger partial charge in [0.1, 0.15) is 0 Å². The first-order valence-electron chi connectivity index (χ1n) is 5.24. The van der Waals surface area contributed by atoms with Gasteiger partial charge in [0.15, 0.2) is 0 Å². The predicted molar refractivity (Wildman–Crippen MR) is 66.3 cm³/mol. The normalized spacial score (nSPS) is 11.2. The Kier molecular flexibility index (Phi) is 4.25. The van der Waals surface area contributed by atoms with Crippen molar-refractivity contribution in [3.8, 4) is 0 Å². The number of benzene rings is 1. The number of carbonyl (C=O) groups excluding carboxylic acids is 1. The van der Waals surface area contributed by atoms with E-state index in [1.54, 1.807) is 26.0 Å². The van der Waals surface area contributed by atoms with Gasteiger partial charge in [0, 0.05) is 12.1 Å². The van der Waals surface area contributed by atoms with E-state index in [1.807, 2.05) is 0 Å².